The van der Waals surface area contributed by atoms with Crippen LogP contribution in [0.5, 0.6) is 11.5 Å². The van der Waals surface area contributed by atoms with Crippen molar-refractivity contribution in [3.05, 3.63) is 23.8 Å². The summed E-state index contributed by atoms with van der Waals surface area (Å²) in [7, 11) is 1.28. The van der Waals surface area contributed by atoms with E-state index in [0.717, 1.165) is 6.42 Å². The van der Waals surface area contributed by atoms with Gasteiger partial charge in [0.05, 0.1) is 25.6 Å². The summed E-state index contributed by atoms with van der Waals surface area (Å²) in [4.78, 5) is 49.6. The highest BCUT2D eigenvalue weighted by Gasteiger charge is 2.25. The van der Waals surface area contributed by atoms with Gasteiger partial charge in [-0.1, -0.05) is 67.9 Å². The first-order valence-corrected chi connectivity index (χ1v) is 14.0. The van der Waals surface area contributed by atoms with Gasteiger partial charge < -0.3 is 29.0 Å². The predicted octanol–water partition coefficient (Wildman–Crippen LogP) is 4.95. The van der Waals surface area contributed by atoms with Crippen LogP contribution in [0.3, 0.4) is 0 Å². The summed E-state index contributed by atoms with van der Waals surface area (Å²) in [6.07, 6.45) is 0.288. The molecular weight excluding hydrogens is 518 g/mol. The number of esters is 3. The van der Waals surface area contributed by atoms with Crippen molar-refractivity contribution < 1.29 is 42.9 Å². The predicted molar refractivity (Wildman–Crippen MR) is 150 cm³/mol. The number of rotatable bonds is 16. The smallest absolute Gasteiger partial charge is 0.468 e. The van der Waals surface area contributed by atoms with Gasteiger partial charge in [0, 0.05) is 6.54 Å². The lowest BCUT2D eigenvalue weighted by Gasteiger charge is -2.20. The molecule has 1 aromatic rings. The molecule has 1 rings (SSSR count). The number of ether oxygens (including phenoxy) is 5. The van der Waals surface area contributed by atoms with Gasteiger partial charge in [0.25, 0.3) is 0 Å². The van der Waals surface area contributed by atoms with Crippen molar-refractivity contribution in [2.24, 2.45) is 29.6 Å². The van der Waals surface area contributed by atoms with E-state index in [1.807, 2.05) is 41.5 Å². The molecule has 10 heteroatoms. The van der Waals surface area contributed by atoms with Crippen molar-refractivity contribution in [2.75, 3.05) is 26.9 Å². The van der Waals surface area contributed by atoms with E-state index in [0.29, 0.717) is 5.56 Å². The second-order valence-corrected chi connectivity index (χ2v) is 10.8. The zero-order valence-corrected chi connectivity index (χ0v) is 25.4. The van der Waals surface area contributed by atoms with Crippen molar-refractivity contribution in [3.8, 4) is 11.5 Å². The van der Waals surface area contributed by atoms with Crippen LogP contribution >= 0.6 is 0 Å². The molecule has 0 aromatic heterocycles. The van der Waals surface area contributed by atoms with E-state index in [9.17, 15) is 19.2 Å². The van der Waals surface area contributed by atoms with Crippen LogP contribution in [0, 0.1) is 29.6 Å². The first-order chi connectivity index (χ1) is 18.8. The maximum Gasteiger partial charge on any atom is 0.508 e. The zero-order valence-electron chi connectivity index (χ0n) is 25.4. The molecule has 1 aromatic carbocycles. The van der Waals surface area contributed by atoms with Crippen molar-refractivity contribution in [1.29, 1.82) is 0 Å². The van der Waals surface area contributed by atoms with Gasteiger partial charge in [-0.3, -0.25) is 14.4 Å². The lowest BCUT2D eigenvalue weighted by Crippen LogP contribution is -2.41. The molecule has 0 amide bonds. The van der Waals surface area contributed by atoms with Crippen LogP contribution in [0.15, 0.2) is 18.2 Å². The van der Waals surface area contributed by atoms with Crippen molar-refractivity contribution >= 4 is 24.1 Å². The highest BCUT2D eigenvalue weighted by Crippen LogP contribution is 2.31. The monoisotopic (exact) mass is 565 g/mol. The summed E-state index contributed by atoms with van der Waals surface area (Å²) in [5, 5.41) is 3.02. The van der Waals surface area contributed by atoms with Gasteiger partial charge >= 0.3 is 24.1 Å². The first-order valence-electron chi connectivity index (χ1n) is 14.0. The van der Waals surface area contributed by atoms with E-state index in [-0.39, 0.29) is 67.3 Å². The van der Waals surface area contributed by atoms with E-state index in [2.05, 4.69) is 5.32 Å². The zero-order chi connectivity index (χ0) is 30.4. The van der Waals surface area contributed by atoms with Crippen LogP contribution in [0.2, 0.25) is 0 Å². The Labute approximate surface area is 238 Å². The van der Waals surface area contributed by atoms with Crippen LogP contribution in [0.25, 0.3) is 0 Å². The number of carbonyl (C=O) groups is 4. The fourth-order valence-corrected chi connectivity index (χ4v) is 3.14. The number of methoxy groups -OCH3 is 1. The molecule has 0 aliphatic rings. The van der Waals surface area contributed by atoms with Crippen LogP contribution < -0.4 is 14.8 Å². The van der Waals surface area contributed by atoms with Gasteiger partial charge in [-0.25, -0.2) is 4.79 Å². The molecule has 0 spiro atoms. The Hall–Kier alpha value is -3.14. The number of carbonyl (C=O) groups excluding carboxylic acids is 4. The molecule has 1 N–H and O–H groups in total. The second kappa shape index (κ2) is 17.5. The molecule has 3 unspecified atom stereocenters. The average molecular weight is 566 g/mol. The molecule has 0 fully saturated rings. The maximum atomic E-state index is 12.8. The minimum absolute atomic E-state index is 0.00822. The highest BCUT2D eigenvalue weighted by atomic mass is 16.7. The molecule has 0 aliphatic carbocycles. The van der Waals surface area contributed by atoms with Gasteiger partial charge in [0.15, 0.2) is 11.5 Å². The van der Waals surface area contributed by atoms with Gasteiger partial charge in [-0.15, -0.1) is 0 Å². The summed E-state index contributed by atoms with van der Waals surface area (Å²) in [5.74, 6) is -1.60. The fraction of sp³-hybridized carbons (Fsp3) is 0.667. The minimum Gasteiger partial charge on any atom is -0.468 e. The number of hydrogen-bond donors (Lipinski definition) is 1. The maximum absolute atomic E-state index is 12.8. The SMILES string of the molecule is CCC(C)COC(=O)OCCN[C@@H](Cc1ccc(OC(=O)C(C)C(C)C)c(OC(=O)C(C)C(C)C)c1)C(=O)OC. The molecular formula is C30H47NO9. The Bertz CT molecular complexity index is 976. The largest absolute Gasteiger partial charge is 0.508 e. The summed E-state index contributed by atoms with van der Waals surface area (Å²) < 4.78 is 26.3. The molecule has 0 bridgehead atoms. The first kappa shape index (κ1) is 34.9. The molecule has 0 saturated heterocycles. The number of benzene rings is 1. The van der Waals surface area contributed by atoms with Crippen LogP contribution in [0.1, 0.15) is 67.4 Å². The summed E-state index contributed by atoms with van der Waals surface area (Å²) in [6.45, 7) is 15.6. The Morgan fingerprint density at radius 1 is 0.800 bits per heavy atom. The third-order valence-corrected chi connectivity index (χ3v) is 6.99. The van der Waals surface area contributed by atoms with Gasteiger partial charge in [-0.05, 0) is 41.9 Å². The van der Waals surface area contributed by atoms with Crippen LogP contribution in [0.4, 0.5) is 4.79 Å². The quantitative estimate of drug-likeness (QED) is 0.167. The summed E-state index contributed by atoms with van der Waals surface area (Å²) in [5.41, 5.74) is 0.633. The van der Waals surface area contributed by atoms with Crippen molar-refractivity contribution in [1.82, 2.24) is 5.32 Å². The standard InChI is InChI=1S/C30H47NO9/c1-10-20(6)17-38-30(35)37-14-13-31-24(29(34)36-9)15-23-11-12-25(39-27(32)21(7)18(2)3)26(16-23)40-28(33)22(8)19(4)5/h11-12,16,18-22,24,31H,10,13-15,17H2,1-9H3/t20?,21?,22?,24-/m0/s1. The third kappa shape index (κ3) is 11.9. The molecule has 0 heterocycles. The van der Waals surface area contributed by atoms with E-state index in [4.69, 9.17) is 23.7 Å². The molecule has 4 atom stereocenters. The van der Waals surface area contributed by atoms with Crippen LogP contribution in [-0.2, 0) is 35.0 Å². The molecule has 0 saturated carbocycles. The van der Waals surface area contributed by atoms with Gasteiger partial charge in [-0.2, -0.15) is 0 Å². The third-order valence-electron chi connectivity index (χ3n) is 6.99. The Kier molecular flexibility index (Phi) is 15.3. The molecule has 0 radical (unpaired) electrons. The number of hydrogen-bond acceptors (Lipinski definition) is 10. The number of nitrogens with one attached hydrogen (secondary N) is 1. The summed E-state index contributed by atoms with van der Waals surface area (Å²) in [6, 6.07) is 4.03. The van der Waals surface area contributed by atoms with Gasteiger partial charge in [0.2, 0.25) is 0 Å². The highest BCUT2D eigenvalue weighted by molar-refractivity contribution is 5.79. The van der Waals surface area contributed by atoms with E-state index in [1.54, 1.807) is 32.0 Å². The van der Waals surface area contributed by atoms with E-state index in [1.165, 1.54) is 7.11 Å². The fourth-order valence-electron chi connectivity index (χ4n) is 3.14. The second-order valence-electron chi connectivity index (χ2n) is 10.8. The van der Waals surface area contributed by atoms with E-state index < -0.39 is 30.1 Å². The average Bonchev–Trinajstić information content (AvgIpc) is 2.92. The summed E-state index contributed by atoms with van der Waals surface area (Å²) >= 11 is 0. The lowest BCUT2D eigenvalue weighted by atomic mass is 9.98. The Balaban J connectivity index is 3.02. The molecule has 0 aliphatic heterocycles. The molecule has 10 nitrogen and oxygen atoms in total. The van der Waals surface area contributed by atoms with Crippen LogP contribution in [-0.4, -0.2) is 57.0 Å². The van der Waals surface area contributed by atoms with E-state index >= 15 is 0 Å². The normalized spacial score (nSPS) is 14.2. The Morgan fingerprint density at radius 3 is 1.90 bits per heavy atom. The van der Waals surface area contributed by atoms with Gasteiger partial charge in [0.1, 0.15) is 12.6 Å². The Morgan fingerprint density at radius 2 is 1.38 bits per heavy atom. The molecule has 40 heavy (non-hydrogen) atoms. The van der Waals surface area contributed by atoms with Crippen molar-refractivity contribution in [2.45, 2.75) is 74.3 Å². The molecule has 226 valence electrons. The lowest BCUT2D eigenvalue weighted by molar-refractivity contribution is -0.143. The minimum atomic E-state index is -0.780. The topological polar surface area (TPSA) is 126 Å². The van der Waals surface area contributed by atoms with Crippen molar-refractivity contribution in [3.63, 3.8) is 0 Å².